The number of nitrogens with one attached hydrogen (secondary N) is 2. The van der Waals surface area contributed by atoms with E-state index in [1.807, 2.05) is 46.8 Å². The van der Waals surface area contributed by atoms with E-state index in [1.165, 1.54) is 0 Å². The number of aryl methyl sites for hydroxylation is 1. The predicted octanol–water partition coefficient (Wildman–Crippen LogP) is 3.94. The number of guanidine groups is 1. The fraction of sp³-hybridized carbons (Fsp3) is 0.684. The Morgan fingerprint density at radius 1 is 1.33 bits per heavy atom. The second kappa shape index (κ2) is 11.4. The van der Waals surface area contributed by atoms with Crippen molar-refractivity contribution in [2.45, 2.75) is 53.2 Å². The average Bonchev–Trinajstić information content (AvgIpc) is 2.96. The molecule has 2 N–H and O–H groups in total. The summed E-state index contributed by atoms with van der Waals surface area (Å²) in [6.45, 7) is 12.9. The van der Waals surface area contributed by atoms with Gasteiger partial charge in [-0.2, -0.15) is 0 Å². The van der Waals surface area contributed by atoms with E-state index >= 15 is 0 Å². The maximum Gasteiger partial charge on any atom is 0.410 e. The molecule has 0 saturated carbocycles. The minimum atomic E-state index is -0.487. The van der Waals surface area contributed by atoms with Crippen LogP contribution in [-0.4, -0.2) is 49.7 Å². The van der Waals surface area contributed by atoms with Crippen molar-refractivity contribution in [2.75, 3.05) is 27.2 Å². The van der Waals surface area contributed by atoms with E-state index in [0.29, 0.717) is 19.0 Å². The highest BCUT2D eigenvalue weighted by Crippen LogP contribution is 2.15. The van der Waals surface area contributed by atoms with Gasteiger partial charge in [0.2, 0.25) is 0 Å². The lowest BCUT2D eigenvalue weighted by molar-refractivity contribution is 0.0278. The molecule has 1 aromatic heterocycles. The lowest BCUT2D eigenvalue weighted by Crippen LogP contribution is -2.43. The van der Waals surface area contributed by atoms with E-state index < -0.39 is 5.60 Å². The molecular formula is C19H35IN4O3. The quantitative estimate of drug-likeness (QED) is 0.356. The second-order valence-corrected chi connectivity index (χ2v) is 7.73. The first-order valence-electron chi connectivity index (χ1n) is 8.99. The van der Waals surface area contributed by atoms with Crippen molar-refractivity contribution in [2.24, 2.45) is 10.9 Å². The maximum atomic E-state index is 12.0. The van der Waals surface area contributed by atoms with Crippen LogP contribution in [0.25, 0.3) is 0 Å². The highest BCUT2D eigenvalue weighted by molar-refractivity contribution is 14.0. The number of amides is 1. The van der Waals surface area contributed by atoms with Gasteiger partial charge in [0.1, 0.15) is 17.1 Å². The van der Waals surface area contributed by atoms with Gasteiger partial charge in [-0.1, -0.05) is 6.92 Å². The summed E-state index contributed by atoms with van der Waals surface area (Å²) in [6, 6.07) is 3.91. The monoisotopic (exact) mass is 494 g/mol. The molecule has 2 atom stereocenters. The van der Waals surface area contributed by atoms with Gasteiger partial charge in [-0.25, -0.2) is 4.79 Å². The molecule has 0 aliphatic rings. The van der Waals surface area contributed by atoms with Gasteiger partial charge in [-0.15, -0.1) is 24.0 Å². The van der Waals surface area contributed by atoms with Crippen LogP contribution in [0.3, 0.4) is 0 Å². The van der Waals surface area contributed by atoms with Gasteiger partial charge in [0.15, 0.2) is 5.96 Å². The average molecular weight is 494 g/mol. The number of carbonyl (C=O) groups is 1. The minimum absolute atomic E-state index is 0. The molecule has 8 heteroatoms. The molecule has 0 aliphatic carbocycles. The second-order valence-electron chi connectivity index (χ2n) is 7.73. The van der Waals surface area contributed by atoms with E-state index in [9.17, 15) is 4.79 Å². The zero-order valence-corrected chi connectivity index (χ0v) is 20.1. The van der Waals surface area contributed by atoms with Crippen LogP contribution in [0.15, 0.2) is 21.5 Å². The van der Waals surface area contributed by atoms with Gasteiger partial charge in [0, 0.05) is 27.2 Å². The smallest absolute Gasteiger partial charge is 0.410 e. The van der Waals surface area contributed by atoms with E-state index in [0.717, 1.165) is 11.5 Å². The van der Waals surface area contributed by atoms with Crippen molar-refractivity contribution in [1.82, 2.24) is 15.5 Å². The maximum absolute atomic E-state index is 12.0. The first-order valence-corrected chi connectivity index (χ1v) is 8.99. The number of nitrogens with zero attached hydrogens (tertiary/aromatic N) is 2. The number of halogens is 1. The fourth-order valence-electron chi connectivity index (χ4n) is 2.37. The summed E-state index contributed by atoms with van der Waals surface area (Å²) in [5.41, 5.74) is -0.487. The molecule has 2 unspecified atom stereocenters. The standard InChI is InChI=1S/C19H34N4O3.HI/c1-13(12-23(8)18(24)26-19(4,5)6)11-21-17(20-7)22-15(3)16-10-9-14(2)25-16;/h9-10,13,15H,11-12H2,1-8H3,(H2,20,21,22);1H. The molecule has 0 saturated heterocycles. The summed E-state index contributed by atoms with van der Waals surface area (Å²) in [4.78, 5) is 17.9. The molecule has 156 valence electrons. The van der Waals surface area contributed by atoms with Crippen LogP contribution in [0.2, 0.25) is 0 Å². The van der Waals surface area contributed by atoms with Crippen molar-refractivity contribution < 1.29 is 13.9 Å². The molecule has 7 nitrogen and oxygen atoms in total. The summed E-state index contributed by atoms with van der Waals surface area (Å²) in [7, 11) is 3.48. The Balaban J connectivity index is 0.00000676. The molecule has 1 amide bonds. The van der Waals surface area contributed by atoms with Crippen LogP contribution in [0, 0.1) is 12.8 Å². The Morgan fingerprint density at radius 2 is 1.96 bits per heavy atom. The van der Waals surface area contributed by atoms with Crippen molar-refractivity contribution in [1.29, 1.82) is 0 Å². The van der Waals surface area contributed by atoms with Crippen LogP contribution >= 0.6 is 24.0 Å². The summed E-state index contributed by atoms with van der Waals surface area (Å²) in [5, 5.41) is 6.59. The number of hydrogen-bond donors (Lipinski definition) is 2. The van der Waals surface area contributed by atoms with E-state index in [2.05, 4.69) is 22.5 Å². The molecule has 0 radical (unpaired) electrons. The lowest BCUT2D eigenvalue weighted by Gasteiger charge is -2.27. The third-order valence-corrected chi connectivity index (χ3v) is 3.67. The zero-order valence-electron chi connectivity index (χ0n) is 17.8. The SMILES string of the molecule is CN=C(NCC(C)CN(C)C(=O)OC(C)(C)C)NC(C)c1ccc(C)o1.I. The molecular weight excluding hydrogens is 459 g/mol. The normalized spacial score (nSPS) is 14.0. The third kappa shape index (κ3) is 9.88. The number of hydrogen-bond acceptors (Lipinski definition) is 4. The Labute approximate surface area is 180 Å². The van der Waals surface area contributed by atoms with Crippen molar-refractivity contribution in [3.8, 4) is 0 Å². The van der Waals surface area contributed by atoms with Crippen LogP contribution < -0.4 is 10.6 Å². The number of carbonyl (C=O) groups excluding carboxylic acids is 1. The Bertz CT molecular complexity index is 610. The minimum Gasteiger partial charge on any atom is -0.464 e. The molecule has 1 aromatic rings. The number of furan rings is 1. The third-order valence-electron chi connectivity index (χ3n) is 3.67. The van der Waals surface area contributed by atoms with E-state index in [1.54, 1.807) is 19.0 Å². The van der Waals surface area contributed by atoms with Gasteiger partial charge in [-0.05, 0) is 52.7 Å². The van der Waals surface area contributed by atoms with Gasteiger partial charge in [-0.3, -0.25) is 4.99 Å². The molecule has 1 rings (SSSR count). The number of ether oxygens (including phenoxy) is 1. The first kappa shape index (κ1) is 25.6. The van der Waals surface area contributed by atoms with Gasteiger partial charge >= 0.3 is 6.09 Å². The van der Waals surface area contributed by atoms with Crippen LogP contribution in [0.4, 0.5) is 4.79 Å². The zero-order chi connectivity index (χ0) is 19.9. The van der Waals surface area contributed by atoms with Crippen molar-refractivity contribution in [3.05, 3.63) is 23.7 Å². The molecule has 0 bridgehead atoms. The fourth-order valence-corrected chi connectivity index (χ4v) is 2.37. The highest BCUT2D eigenvalue weighted by atomic mass is 127. The molecule has 0 aromatic carbocycles. The topological polar surface area (TPSA) is 79.1 Å². The molecule has 27 heavy (non-hydrogen) atoms. The molecule has 1 heterocycles. The Hall–Kier alpha value is -1.45. The lowest BCUT2D eigenvalue weighted by atomic mass is 10.1. The Kier molecular flexibility index (Phi) is 10.8. The van der Waals surface area contributed by atoms with E-state index in [4.69, 9.17) is 9.15 Å². The van der Waals surface area contributed by atoms with Gasteiger partial charge < -0.3 is 24.7 Å². The Morgan fingerprint density at radius 3 is 2.44 bits per heavy atom. The molecule has 0 fully saturated rings. The first-order chi connectivity index (χ1) is 12.0. The summed E-state index contributed by atoms with van der Waals surface area (Å²) in [6.07, 6.45) is -0.311. The highest BCUT2D eigenvalue weighted by Gasteiger charge is 2.21. The van der Waals surface area contributed by atoms with Gasteiger partial charge in [0.25, 0.3) is 0 Å². The van der Waals surface area contributed by atoms with Crippen molar-refractivity contribution in [3.63, 3.8) is 0 Å². The summed E-state index contributed by atoms with van der Waals surface area (Å²) in [5.74, 6) is 2.67. The van der Waals surface area contributed by atoms with E-state index in [-0.39, 0.29) is 42.0 Å². The summed E-state index contributed by atoms with van der Waals surface area (Å²) < 4.78 is 11.0. The largest absolute Gasteiger partial charge is 0.464 e. The number of rotatable bonds is 6. The predicted molar refractivity (Wildman–Crippen MR) is 120 cm³/mol. The molecule has 0 aliphatic heterocycles. The molecule has 0 spiro atoms. The van der Waals surface area contributed by atoms with Crippen LogP contribution in [0.1, 0.15) is 52.2 Å². The number of aliphatic imine (C=N–C) groups is 1. The van der Waals surface area contributed by atoms with Crippen LogP contribution in [-0.2, 0) is 4.74 Å². The van der Waals surface area contributed by atoms with Crippen LogP contribution in [0.5, 0.6) is 0 Å². The van der Waals surface area contributed by atoms with Crippen molar-refractivity contribution >= 4 is 36.0 Å². The summed E-state index contributed by atoms with van der Waals surface area (Å²) >= 11 is 0. The van der Waals surface area contributed by atoms with Gasteiger partial charge in [0.05, 0.1) is 6.04 Å².